The molecule has 3 nitrogen and oxygen atoms in total. The molecule has 0 saturated heterocycles. The Hall–Kier alpha value is -0.770. The quantitative estimate of drug-likeness (QED) is 0.818. The molecule has 0 spiro atoms. The van der Waals surface area contributed by atoms with Crippen molar-refractivity contribution in [3.05, 3.63) is 5.38 Å². The van der Waals surface area contributed by atoms with Crippen LogP contribution in [0.5, 0.6) is 5.88 Å². The van der Waals surface area contributed by atoms with E-state index in [1.165, 1.54) is 43.4 Å². The second kappa shape index (κ2) is 4.17. The van der Waals surface area contributed by atoms with Crippen LogP contribution in [0.4, 0.5) is 5.13 Å². The van der Waals surface area contributed by atoms with Crippen molar-refractivity contribution in [1.29, 1.82) is 0 Å². The maximum Gasteiger partial charge on any atom is 0.223 e. The minimum atomic E-state index is 0.146. The number of aromatic hydroxyl groups is 1. The molecule has 2 rings (SSSR count). The molecule has 1 aromatic heterocycles. The monoisotopic (exact) mass is 212 g/mol. The highest BCUT2D eigenvalue weighted by Crippen LogP contribution is 2.29. The van der Waals surface area contributed by atoms with Crippen LogP contribution in [-0.4, -0.2) is 23.2 Å². The Labute approximate surface area is 88.4 Å². The molecular formula is C10H16N2OS. The van der Waals surface area contributed by atoms with E-state index in [1.807, 2.05) is 0 Å². The van der Waals surface area contributed by atoms with Gasteiger partial charge in [-0.15, -0.1) is 11.3 Å². The van der Waals surface area contributed by atoms with Crippen molar-refractivity contribution in [3.8, 4) is 5.88 Å². The molecule has 1 aromatic rings. The molecule has 0 unspecified atom stereocenters. The molecule has 0 amide bonds. The maximum absolute atomic E-state index is 9.17. The van der Waals surface area contributed by atoms with Gasteiger partial charge in [0.25, 0.3) is 0 Å². The highest BCUT2D eigenvalue weighted by molar-refractivity contribution is 7.13. The average molecular weight is 212 g/mol. The van der Waals surface area contributed by atoms with E-state index in [1.54, 1.807) is 5.38 Å². The zero-order valence-corrected chi connectivity index (χ0v) is 9.26. The van der Waals surface area contributed by atoms with Crippen molar-refractivity contribution in [2.45, 2.75) is 38.1 Å². The van der Waals surface area contributed by atoms with E-state index >= 15 is 0 Å². The third kappa shape index (κ3) is 2.00. The van der Waals surface area contributed by atoms with Crippen LogP contribution in [0, 0.1) is 0 Å². The third-order valence-corrected chi connectivity index (χ3v) is 3.82. The molecule has 0 radical (unpaired) electrons. The molecule has 1 fully saturated rings. The number of aromatic nitrogens is 1. The van der Waals surface area contributed by atoms with Crippen LogP contribution >= 0.6 is 11.3 Å². The molecule has 1 aliphatic rings. The Morgan fingerprint density at radius 3 is 2.71 bits per heavy atom. The fourth-order valence-corrected chi connectivity index (χ4v) is 2.77. The Balaban J connectivity index is 2.03. The van der Waals surface area contributed by atoms with Gasteiger partial charge in [0, 0.05) is 13.1 Å². The van der Waals surface area contributed by atoms with E-state index in [0.29, 0.717) is 6.04 Å². The van der Waals surface area contributed by atoms with E-state index in [2.05, 4.69) is 16.9 Å². The van der Waals surface area contributed by atoms with Crippen molar-refractivity contribution < 1.29 is 5.11 Å². The van der Waals surface area contributed by atoms with Crippen LogP contribution in [0.1, 0.15) is 32.1 Å². The van der Waals surface area contributed by atoms with Crippen LogP contribution in [0.2, 0.25) is 0 Å². The SMILES string of the molecule is CN(c1nc(O)cs1)C1CCCCC1. The third-order valence-electron chi connectivity index (χ3n) is 2.90. The molecule has 78 valence electrons. The Kier molecular flexibility index (Phi) is 2.91. The number of nitrogens with zero attached hydrogens (tertiary/aromatic N) is 2. The van der Waals surface area contributed by atoms with Gasteiger partial charge in [0.15, 0.2) is 5.13 Å². The number of hydrogen-bond donors (Lipinski definition) is 1. The summed E-state index contributed by atoms with van der Waals surface area (Å²) < 4.78 is 0. The molecule has 4 heteroatoms. The molecule has 1 saturated carbocycles. The van der Waals surface area contributed by atoms with Gasteiger partial charge < -0.3 is 10.0 Å². The normalized spacial score (nSPS) is 18.4. The minimum absolute atomic E-state index is 0.146. The minimum Gasteiger partial charge on any atom is -0.493 e. The van der Waals surface area contributed by atoms with Gasteiger partial charge in [-0.1, -0.05) is 19.3 Å². The summed E-state index contributed by atoms with van der Waals surface area (Å²) in [5.74, 6) is 0.146. The van der Waals surface area contributed by atoms with E-state index in [4.69, 9.17) is 0 Å². The molecule has 1 heterocycles. The summed E-state index contributed by atoms with van der Waals surface area (Å²) in [5, 5.41) is 11.8. The first-order valence-electron chi connectivity index (χ1n) is 5.14. The molecular weight excluding hydrogens is 196 g/mol. The maximum atomic E-state index is 9.17. The topological polar surface area (TPSA) is 36.4 Å². The summed E-state index contributed by atoms with van der Waals surface area (Å²) in [5.41, 5.74) is 0. The lowest BCUT2D eigenvalue weighted by atomic mass is 9.95. The van der Waals surface area contributed by atoms with Gasteiger partial charge in [0.1, 0.15) is 0 Å². The van der Waals surface area contributed by atoms with Gasteiger partial charge in [0.2, 0.25) is 5.88 Å². The molecule has 0 aliphatic heterocycles. The Bertz CT molecular complexity index is 294. The van der Waals surface area contributed by atoms with Crippen molar-refractivity contribution in [3.63, 3.8) is 0 Å². The second-order valence-corrected chi connectivity index (χ2v) is 4.73. The zero-order chi connectivity index (χ0) is 9.97. The molecule has 0 atom stereocenters. The van der Waals surface area contributed by atoms with Crippen LogP contribution in [0.3, 0.4) is 0 Å². The first-order chi connectivity index (χ1) is 6.77. The smallest absolute Gasteiger partial charge is 0.223 e. The van der Waals surface area contributed by atoms with Gasteiger partial charge >= 0.3 is 0 Å². The predicted molar refractivity (Wildman–Crippen MR) is 59.1 cm³/mol. The van der Waals surface area contributed by atoms with Gasteiger partial charge in [0.05, 0.1) is 5.38 Å². The first-order valence-corrected chi connectivity index (χ1v) is 6.02. The molecule has 0 aromatic carbocycles. The standard InChI is InChI=1S/C10H16N2OS/c1-12(8-5-3-2-4-6-8)10-11-9(13)7-14-10/h7-8,13H,2-6H2,1H3. The first kappa shape index (κ1) is 9.77. The van der Waals surface area contributed by atoms with E-state index in [9.17, 15) is 5.11 Å². The molecule has 1 N–H and O–H groups in total. The number of thiazole rings is 1. The summed E-state index contributed by atoms with van der Waals surface area (Å²) in [7, 11) is 2.08. The molecule has 0 bridgehead atoms. The van der Waals surface area contributed by atoms with Gasteiger partial charge in [-0.05, 0) is 12.8 Å². The van der Waals surface area contributed by atoms with Crippen molar-refractivity contribution in [2.24, 2.45) is 0 Å². The van der Waals surface area contributed by atoms with Gasteiger partial charge in [-0.25, -0.2) is 0 Å². The Morgan fingerprint density at radius 2 is 2.14 bits per heavy atom. The summed E-state index contributed by atoms with van der Waals surface area (Å²) in [6.07, 6.45) is 6.54. The molecule has 1 aliphatic carbocycles. The fraction of sp³-hybridized carbons (Fsp3) is 0.700. The van der Waals surface area contributed by atoms with E-state index in [-0.39, 0.29) is 5.88 Å². The van der Waals surface area contributed by atoms with Crippen molar-refractivity contribution in [2.75, 3.05) is 11.9 Å². The van der Waals surface area contributed by atoms with Crippen LogP contribution < -0.4 is 4.90 Å². The summed E-state index contributed by atoms with van der Waals surface area (Å²) >= 11 is 1.52. The highest BCUT2D eigenvalue weighted by atomic mass is 32.1. The fourth-order valence-electron chi connectivity index (χ4n) is 2.04. The summed E-state index contributed by atoms with van der Waals surface area (Å²) in [6.45, 7) is 0. The molecule has 14 heavy (non-hydrogen) atoms. The van der Waals surface area contributed by atoms with E-state index in [0.717, 1.165) is 5.13 Å². The lowest BCUT2D eigenvalue weighted by Gasteiger charge is -2.30. The van der Waals surface area contributed by atoms with Crippen LogP contribution in [0.25, 0.3) is 0 Å². The van der Waals surface area contributed by atoms with E-state index < -0.39 is 0 Å². The largest absolute Gasteiger partial charge is 0.493 e. The number of anilines is 1. The summed E-state index contributed by atoms with van der Waals surface area (Å²) in [4.78, 5) is 6.30. The predicted octanol–water partition coefficient (Wildman–Crippen LogP) is 2.62. The number of rotatable bonds is 2. The second-order valence-electron chi connectivity index (χ2n) is 3.89. The summed E-state index contributed by atoms with van der Waals surface area (Å²) in [6, 6.07) is 0.620. The van der Waals surface area contributed by atoms with Crippen molar-refractivity contribution >= 4 is 16.5 Å². The zero-order valence-electron chi connectivity index (χ0n) is 8.44. The highest BCUT2D eigenvalue weighted by Gasteiger charge is 2.20. The van der Waals surface area contributed by atoms with Gasteiger partial charge in [-0.3, -0.25) is 0 Å². The average Bonchev–Trinajstić information content (AvgIpc) is 2.65. The Morgan fingerprint density at radius 1 is 1.43 bits per heavy atom. The lowest BCUT2D eigenvalue weighted by Crippen LogP contribution is -2.33. The van der Waals surface area contributed by atoms with Crippen LogP contribution in [-0.2, 0) is 0 Å². The van der Waals surface area contributed by atoms with Crippen molar-refractivity contribution in [1.82, 2.24) is 4.98 Å². The number of hydrogen-bond acceptors (Lipinski definition) is 4. The van der Waals surface area contributed by atoms with Gasteiger partial charge in [-0.2, -0.15) is 4.98 Å². The van der Waals surface area contributed by atoms with Crippen LogP contribution in [0.15, 0.2) is 5.38 Å². The lowest BCUT2D eigenvalue weighted by molar-refractivity contribution is 0.424.